The van der Waals surface area contributed by atoms with Gasteiger partial charge in [0.25, 0.3) is 17.6 Å². The summed E-state index contributed by atoms with van der Waals surface area (Å²) in [6, 6.07) is 11.6. The summed E-state index contributed by atoms with van der Waals surface area (Å²) in [4.78, 5) is 24.1. The predicted molar refractivity (Wildman–Crippen MR) is 91.1 cm³/mol. The maximum Gasteiger partial charge on any atom is 0.288 e. The first-order valence-electron chi connectivity index (χ1n) is 7.36. The van der Waals surface area contributed by atoms with Gasteiger partial charge in [0.1, 0.15) is 5.75 Å². The molecule has 0 heterocycles. The molecular formula is C17H16F2N2O3S. The molecule has 0 unspecified atom stereocenters. The van der Waals surface area contributed by atoms with Crippen molar-refractivity contribution in [3.63, 3.8) is 0 Å². The van der Waals surface area contributed by atoms with Gasteiger partial charge in [-0.2, -0.15) is 8.78 Å². The molecule has 5 nitrogen and oxygen atoms in total. The van der Waals surface area contributed by atoms with Gasteiger partial charge in [0.15, 0.2) is 0 Å². The fraction of sp³-hybridized carbons (Fsp3) is 0.176. The summed E-state index contributed by atoms with van der Waals surface area (Å²) in [6.45, 7) is 0.445. The van der Waals surface area contributed by atoms with Gasteiger partial charge in [-0.15, -0.1) is 0 Å². The van der Waals surface area contributed by atoms with Crippen molar-refractivity contribution in [3.8, 4) is 5.75 Å². The fourth-order valence-corrected chi connectivity index (χ4v) is 2.46. The molecular weight excluding hydrogens is 350 g/mol. The summed E-state index contributed by atoms with van der Waals surface area (Å²) < 4.78 is 24.5. The maximum absolute atomic E-state index is 12.2. The lowest BCUT2D eigenvalue weighted by molar-refractivity contribution is 0.0927. The van der Waals surface area contributed by atoms with E-state index in [9.17, 15) is 18.4 Å². The van der Waals surface area contributed by atoms with Crippen molar-refractivity contribution in [2.24, 2.45) is 0 Å². The first-order chi connectivity index (χ1) is 12.0. The number of halogens is 2. The van der Waals surface area contributed by atoms with Crippen LogP contribution in [0.25, 0.3) is 0 Å². The lowest BCUT2D eigenvalue weighted by Gasteiger charge is -2.08. The summed E-state index contributed by atoms with van der Waals surface area (Å²) in [5, 5.41) is 14.4. The summed E-state index contributed by atoms with van der Waals surface area (Å²) >= 11 is 0.414. The number of hydrogen-bond acceptors (Lipinski definition) is 4. The molecule has 2 aromatic carbocycles. The van der Waals surface area contributed by atoms with E-state index < -0.39 is 5.76 Å². The van der Waals surface area contributed by atoms with Crippen molar-refractivity contribution in [2.45, 2.75) is 10.7 Å². The molecule has 0 bridgehead atoms. The predicted octanol–water partition coefficient (Wildman–Crippen LogP) is 2.87. The van der Waals surface area contributed by atoms with Crippen molar-refractivity contribution in [2.75, 3.05) is 13.1 Å². The Hall–Kier alpha value is -2.61. The number of phenols is 1. The van der Waals surface area contributed by atoms with Crippen molar-refractivity contribution in [3.05, 3.63) is 59.7 Å². The molecule has 0 aromatic heterocycles. The van der Waals surface area contributed by atoms with E-state index in [0.29, 0.717) is 27.8 Å². The van der Waals surface area contributed by atoms with E-state index in [0.717, 1.165) is 0 Å². The smallest absolute Gasteiger partial charge is 0.288 e. The van der Waals surface area contributed by atoms with Crippen LogP contribution < -0.4 is 10.6 Å². The average molecular weight is 366 g/mol. The lowest BCUT2D eigenvalue weighted by atomic mass is 10.2. The Bertz CT molecular complexity index is 722. The topological polar surface area (TPSA) is 78.4 Å². The van der Waals surface area contributed by atoms with Gasteiger partial charge in [-0.05, 0) is 48.5 Å². The zero-order valence-electron chi connectivity index (χ0n) is 13.0. The van der Waals surface area contributed by atoms with E-state index >= 15 is 0 Å². The zero-order valence-corrected chi connectivity index (χ0v) is 13.9. The molecule has 0 saturated heterocycles. The van der Waals surface area contributed by atoms with Gasteiger partial charge in [0.05, 0.1) is 0 Å². The third-order valence-corrected chi connectivity index (χ3v) is 3.89. The van der Waals surface area contributed by atoms with Crippen LogP contribution in [0.15, 0.2) is 53.4 Å². The molecule has 3 N–H and O–H groups in total. The van der Waals surface area contributed by atoms with Gasteiger partial charge >= 0.3 is 0 Å². The Morgan fingerprint density at radius 1 is 0.880 bits per heavy atom. The van der Waals surface area contributed by atoms with Gasteiger partial charge in [-0.1, -0.05) is 11.8 Å². The number of hydrogen-bond donors (Lipinski definition) is 3. The second kappa shape index (κ2) is 9.03. The largest absolute Gasteiger partial charge is 0.508 e. The summed E-state index contributed by atoms with van der Waals surface area (Å²) in [7, 11) is 0. The van der Waals surface area contributed by atoms with E-state index in [2.05, 4.69) is 10.6 Å². The van der Waals surface area contributed by atoms with Crippen LogP contribution in [0, 0.1) is 0 Å². The van der Waals surface area contributed by atoms with E-state index in [1.54, 1.807) is 0 Å². The molecule has 0 aliphatic rings. The quantitative estimate of drug-likeness (QED) is 0.520. The van der Waals surface area contributed by atoms with Crippen LogP contribution in [0.1, 0.15) is 20.7 Å². The van der Waals surface area contributed by atoms with Gasteiger partial charge < -0.3 is 15.7 Å². The van der Waals surface area contributed by atoms with Crippen molar-refractivity contribution in [1.82, 2.24) is 10.6 Å². The first kappa shape index (κ1) is 18.7. The minimum Gasteiger partial charge on any atom is -0.508 e. The van der Waals surface area contributed by atoms with Gasteiger partial charge in [0, 0.05) is 29.1 Å². The van der Waals surface area contributed by atoms with Crippen LogP contribution in [0.5, 0.6) is 5.75 Å². The van der Waals surface area contributed by atoms with Crippen LogP contribution >= 0.6 is 11.8 Å². The molecule has 0 radical (unpaired) electrons. The van der Waals surface area contributed by atoms with Gasteiger partial charge in [-0.25, -0.2) is 0 Å². The molecule has 2 amide bonds. The highest BCUT2D eigenvalue weighted by molar-refractivity contribution is 7.99. The number of aromatic hydroxyl groups is 1. The number of nitrogens with one attached hydrogen (secondary N) is 2. The molecule has 25 heavy (non-hydrogen) atoms. The highest BCUT2D eigenvalue weighted by Gasteiger charge is 2.09. The number of alkyl halides is 2. The molecule has 0 saturated carbocycles. The molecule has 8 heteroatoms. The van der Waals surface area contributed by atoms with E-state index in [1.165, 1.54) is 48.5 Å². The summed E-state index contributed by atoms with van der Waals surface area (Å²) in [6.07, 6.45) is 0. The number of thioether (sulfide) groups is 1. The minimum atomic E-state index is -2.50. The van der Waals surface area contributed by atoms with Crippen LogP contribution in [-0.4, -0.2) is 35.8 Å². The third-order valence-electron chi connectivity index (χ3n) is 3.17. The van der Waals surface area contributed by atoms with Crippen molar-refractivity contribution < 1.29 is 23.5 Å². The molecule has 2 rings (SSSR count). The number of phenolic OH excluding ortho intramolecular Hbond substituents is 1. The van der Waals surface area contributed by atoms with E-state index in [4.69, 9.17) is 5.11 Å². The SMILES string of the molecule is O=C(NCCNC(=O)c1ccc(SC(F)F)cc1)c1ccc(O)cc1. The monoisotopic (exact) mass is 366 g/mol. The first-order valence-corrected chi connectivity index (χ1v) is 8.24. The van der Waals surface area contributed by atoms with Crippen molar-refractivity contribution in [1.29, 1.82) is 0 Å². The Balaban J connectivity index is 1.74. The normalized spacial score (nSPS) is 10.5. The second-order valence-electron chi connectivity index (χ2n) is 4.96. The number of rotatable bonds is 7. The third kappa shape index (κ3) is 6.07. The number of amides is 2. The highest BCUT2D eigenvalue weighted by Crippen LogP contribution is 2.25. The standard InChI is InChI=1S/C17H16F2N2O3S/c18-17(19)25-14-7-3-12(4-8-14)16(24)21-10-9-20-15(23)11-1-5-13(22)6-2-11/h1-8,17,22H,9-10H2,(H,20,23)(H,21,24). The fourth-order valence-electron chi connectivity index (χ4n) is 1.96. The Kier molecular flexibility index (Phi) is 6.76. The van der Waals surface area contributed by atoms with Gasteiger partial charge in [-0.3, -0.25) is 9.59 Å². The molecule has 2 aromatic rings. The summed E-state index contributed by atoms with van der Waals surface area (Å²) in [5.41, 5.74) is 0.750. The number of carbonyl (C=O) groups is 2. The Morgan fingerprint density at radius 2 is 1.32 bits per heavy atom. The number of carbonyl (C=O) groups excluding carboxylic acids is 2. The van der Waals surface area contributed by atoms with E-state index in [-0.39, 0.29) is 30.7 Å². The summed E-state index contributed by atoms with van der Waals surface area (Å²) in [5.74, 6) is -3.10. The molecule has 0 atom stereocenters. The molecule has 0 spiro atoms. The van der Waals surface area contributed by atoms with Crippen LogP contribution in [0.2, 0.25) is 0 Å². The molecule has 0 aliphatic carbocycles. The zero-order chi connectivity index (χ0) is 18.2. The Morgan fingerprint density at radius 3 is 1.76 bits per heavy atom. The van der Waals surface area contributed by atoms with Crippen LogP contribution in [-0.2, 0) is 0 Å². The lowest BCUT2D eigenvalue weighted by Crippen LogP contribution is -2.34. The highest BCUT2D eigenvalue weighted by atomic mass is 32.2. The maximum atomic E-state index is 12.2. The van der Waals surface area contributed by atoms with Crippen LogP contribution in [0.4, 0.5) is 8.78 Å². The van der Waals surface area contributed by atoms with Gasteiger partial charge in [0.2, 0.25) is 0 Å². The van der Waals surface area contributed by atoms with E-state index in [1.807, 2.05) is 0 Å². The molecule has 0 fully saturated rings. The molecule has 132 valence electrons. The number of benzene rings is 2. The molecule has 0 aliphatic heterocycles. The second-order valence-corrected chi connectivity index (χ2v) is 6.03. The average Bonchev–Trinajstić information content (AvgIpc) is 2.59. The van der Waals surface area contributed by atoms with Crippen molar-refractivity contribution >= 4 is 23.6 Å². The minimum absolute atomic E-state index is 0.0711. The Labute approximate surface area is 147 Å². The van der Waals surface area contributed by atoms with Crippen LogP contribution in [0.3, 0.4) is 0 Å².